The van der Waals surface area contributed by atoms with Crippen LogP contribution in [-0.4, -0.2) is 6.54 Å². The fourth-order valence-electron chi connectivity index (χ4n) is 2.61. The van der Waals surface area contributed by atoms with Gasteiger partial charge in [0.05, 0.1) is 6.54 Å². The zero-order valence-corrected chi connectivity index (χ0v) is 11.5. The van der Waals surface area contributed by atoms with Crippen molar-refractivity contribution in [1.29, 1.82) is 0 Å². The minimum atomic E-state index is 0.738. The second-order valence-corrected chi connectivity index (χ2v) is 5.43. The van der Waals surface area contributed by atoms with Gasteiger partial charge in [-0.05, 0) is 62.4 Å². The van der Waals surface area contributed by atoms with Crippen molar-refractivity contribution in [3.8, 4) is 0 Å². The van der Waals surface area contributed by atoms with E-state index in [1.807, 2.05) is 0 Å². The molecule has 1 aromatic carbocycles. The monoisotopic (exact) mass is 243 g/mol. The molecule has 0 saturated heterocycles. The molecule has 1 aliphatic carbocycles. The van der Waals surface area contributed by atoms with E-state index in [1.165, 1.54) is 34.9 Å². The Labute approximate surface area is 108 Å². The summed E-state index contributed by atoms with van der Waals surface area (Å²) in [5.41, 5.74) is 5.20. The Bertz CT molecular complexity index is 578. The molecule has 0 amide bonds. The Kier molecular flexibility index (Phi) is 2.90. The largest absolute Gasteiger partial charge is 0.459 e. The third-order valence-electron chi connectivity index (χ3n) is 3.94. The summed E-state index contributed by atoms with van der Waals surface area (Å²) in [6.07, 6.45) is 2.64. The van der Waals surface area contributed by atoms with Crippen LogP contribution in [0.4, 0.5) is 0 Å². The van der Waals surface area contributed by atoms with E-state index in [0.717, 1.165) is 30.4 Å². The van der Waals surface area contributed by atoms with Crippen LogP contribution in [0.25, 0.3) is 11.0 Å². The standard InChI is InChI=1S/C16H21NO/c1-4-17-9-15-16(12-5-6-12)13-7-10(2)11(3)8-14(13)18-15/h7-8,12,17H,4-6,9H2,1-3H3. The topological polar surface area (TPSA) is 25.2 Å². The van der Waals surface area contributed by atoms with E-state index in [0.29, 0.717) is 0 Å². The summed E-state index contributed by atoms with van der Waals surface area (Å²) < 4.78 is 6.08. The zero-order chi connectivity index (χ0) is 12.7. The van der Waals surface area contributed by atoms with E-state index < -0.39 is 0 Å². The molecule has 1 heterocycles. The van der Waals surface area contributed by atoms with Crippen LogP contribution in [0.15, 0.2) is 16.5 Å². The van der Waals surface area contributed by atoms with Crippen molar-refractivity contribution in [2.75, 3.05) is 6.54 Å². The van der Waals surface area contributed by atoms with Crippen LogP contribution in [0.2, 0.25) is 0 Å². The van der Waals surface area contributed by atoms with Crippen molar-refractivity contribution in [1.82, 2.24) is 5.32 Å². The first-order chi connectivity index (χ1) is 8.70. The fraction of sp³-hybridized carbons (Fsp3) is 0.500. The highest BCUT2D eigenvalue weighted by Gasteiger charge is 2.30. The number of rotatable bonds is 4. The van der Waals surface area contributed by atoms with E-state index in [-0.39, 0.29) is 0 Å². The molecular formula is C16H21NO. The molecule has 96 valence electrons. The van der Waals surface area contributed by atoms with Crippen molar-refractivity contribution in [3.63, 3.8) is 0 Å². The van der Waals surface area contributed by atoms with Crippen molar-refractivity contribution in [2.45, 2.75) is 46.1 Å². The predicted octanol–water partition coefficient (Wildman–Crippen LogP) is 4.04. The first-order valence-electron chi connectivity index (χ1n) is 6.94. The lowest BCUT2D eigenvalue weighted by molar-refractivity contribution is 0.513. The summed E-state index contributed by atoms with van der Waals surface area (Å²) in [5.74, 6) is 1.89. The molecule has 0 bridgehead atoms. The van der Waals surface area contributed by atoms with Gasteiger partial charge in [-0.25, -0.2) is 0 Å². The van der Waals surface area contributed by atoms with Crippen LogP contribution in [0, 0.1) is 13.8 Å². The Morgan fingerprint density at radius 1 is 1.22 bits per heavy atom. The zero-order valence-electron chi connectivity index (χ0n) is 11.5. The van der Waals surface area contributed by atoms with Crippen LogP contribution in [0.3, 0.4) is 0 Å². The highest BCUT2D eigenvalue weighted by molar-refractivity contribution is 5.85. The van der Waals surface area contributed by atoms with Crippen molar-refractivity contribution < 1.29 is 4.42 Å². The highest BCUT2D eigenvalue weighted by Crippen LogP contribution is 2.46. The second-order valence-electron chi connectivity index (χ2n) is 5.43. The summed E-state index contributed by atoms with van der Waals surface area (Å²) in [5, 5.41) is 4.73. The average Bonchev–Trinajstić information content (AvgIpc) is 3.11. The van der Waals surface area contributed by atoms with Crippen LogP contribution in [0.1, 0.15) is 48.1 Å². The van der Waals surface area contributed by atoms with Gasteiger partial charge in [0, 0.05) is 10.9 Å². The summed E-state index contributed by atoms with van der Waals surface area (Å²) >= 11 is 0. The van der Waals surface area contributed by atoms with Gasteiger partial charge in [0.2, 0.25) is 0 Å². The second kappa shape index (κ2) is 4.43. The summed E-state index contributed by atoms with van der Waals surface area (Å²) in [4.78, 5) is 0. The lowest BCUT2D eigenvalue weighted by Gasteiger charge is -2.02. The molecule has 3 rings (SSSR count). The molecule has 1 aliphatic rings. The molecule has 2 heteroatoms. The van der Waals surface area contributed by atoms with Crippen LogP contribution >= 0.6 is 0 Å². The van der Waals surface area contributed by atoms with Crippen LogP contribution in [0.5, 0.6) is 0 Å². The smallest absolute Gasteiger partial charge is 0.134 e. The van der Waals surface area contributed by atoms with Gasteiger partial charge >= 0.3 is 0 Å². The Hall–Kier alpha value is -1.28. The van der Waals surface area contributed by atoms with Crippen molar-refractivity contribution in [3.05, 3.63) is 34.6 Å². The maximum atomic E-state index is 6.08. The van der Waals surface area contributed by atoms with E-state index in [4.69, 9.17) is 4.42 Å². The SMILES string of the molecule is CCNCc1oc2cc(C)c(C)cc2c1C1CC1. The Morgan fingerprint density at radius 3 is 2.61 bits per heavy atom. The number of benzene rings is 1. The third-order valence-corrected chi connectivity index (χ3v) is 3.94. The minimum Gasteiger partial charge on any atom is -0.459 e. The summed E-state index contributed by atoms with van der Waals surface area (Å²) in [6, 6.07) is 4.49. The summed E-state index contributed by atoms with van der Waals surface area (Å²) in [7, 11) is 0. The highest BCUT2D eigenvalue weighted by atomic mass is 16.3. The first-order valence-corrected chi connectivity index (χ1v) is 6.94. The Morgan fingerprint density at radius 2 is 1.94 bits per heavy atom. The van der Waals surface area contributed by atoms with Gasteiger partial charge in [-0.2, -0.15) is 0 Å². The van der Waals surface area contributed by atoms with E-state index in [9.17, 15) is 0 Å². The van der Waals surface area contributed by atoms with E-state index >= 15 is 0 Å². The van der Waals surface area contributed by atoms with Gasteiger partial charge in [0.1, 0.15) is 11.3 Å². The molecule has 1 fully saturated rings. The number of furan rings is 1. The maximum Gasteiger partial charge on any atom is 0.134 e. The molecule has 0 unspecified atom stereocenters. The third kappa shape index (κ3) is 1.95. The number of fused-ring (bicyclic) bond motifs is 1. The van der Waals surface area contributed by atoms with Gasteiger partial charge < -0.3 is 9.73 Å². The molecule has 0 aliphatic heterocycles. The van der Waals surface area contributed by atoms with E-state index in [2.05, 4.69) is 38.2 Å². The Balaban J connectivity index is 2.13. The fourth-order valence-corrected chi connectivity index (χ4v) is 2.61. The van der Waals surface area contributed by atoms with Gasteiger partial charge in [0.15, 0.2) is 0 Å². The molecule has 0 spiro atoms. The average molecular weight is 243 g/mol. The molecule has 2 nitrogen and oxygen atoms in total. The number of nitrogens with one attached hydrogen (secondary N) is 1. The molecule has 18 heavy (non-hydrogen) atoms. The minimum absolute atomic E-state index is 0.738. The number of hydrogen-bond acceptors (Lipinski definition) is 2. The molecule has 0 radical (unpaired) electrons. The lowest BCUT2D eigenvalue weighted by atomic mass is 10.0. The van der Waals surface area contributed by atoms with Gasteiger partial charge in [-0.15, -0.1) is 0 Å². The molecular weight excluding hydrogens is 222 g/mol. The molecule has 0 atom stereocenters. The van der Waals surface area contributed by atoms with E-state index in [1.54, 1.807) is 0 Å². The lowest BCUT2D eigenvalue weighted by Crippen LogP contribution is -2.12. The maximum absolute atomic E-state index is 6.08. The van der Waals surface area contributed by atoms with Crippen molar-refractivity contribution >= 4 is 11.0 Å². The first kappa shape index (κ1) is 11.8. The molecule has 2 aromatic rings. The number of aryl methyl sites for hydroxylation is 2. The normalized spacial score (nSPS) is 15.5. The van der Waals surface area contributed by atoms with Crippen molar-refractivity contribution in [2.24, 2.45) is 0 Å². The van der Waals surface area contributed by atoms with Gasteiger partial charge in [-0.3, -0.25) is 0 Å². The number of hydrogen-bond donors (Lipinski definition) is 1. The van der Waals surface area contributed by atoms with Crippen LogP contribution in [-0.2, 0) is 6.54 Å². The summed E-state index contributed by atoms with van der Waals surface area (Å²) in [6.45, 7) is 8.31. The predicted molar refractivity (Wildman–Crippen MR) is 75.0 cm³/mol. The molecule has 1 N–H and O–H groups in total. The van der Waals surface area contributed by atoms with Gasteiger partial charge in [-0.1, -0.05) is 6.92 Å². The van der Waals surface area contributed by atoms with Crippen LogP contribution < -0.4 is 5.32 Å². The molecule has 1 saturated carbocycles. The molecule has 1 aromatic heterocycles. The van der Waals surface area contributed by atoms with Gasteiger partial charge in [0.25, 0.3) is 0 Å². The quantitative estimate of drug-likeness (QED) is 0.876.